The van der Waals surface area contributed by atoms with Gasteiger partial charge in [0, 0.05) is 0 Å². The number of alkyl halides is 3. The molecule has 138 valence electrons. The van der Waals surface area contributed by atoms with Gasteiger partial charge in [-0.1, -0.05) is 0 Å². The van der Waals surface area contributed by atoms with E-state index >= 15 is 0 Å². The van der Waals surface area contributed by atoms with Gasteiger partial charge in [-0.3, -0.25) is 0 Å². The molecule has 0 fully saturated rings. The van der Waals surface area contributed by atoms with Crippen LogP contribution >= 0.6 is 20.2 Å². The van der Waals surface area contributed by atoms with Crippen LogP contribution in [0.5, 0.6) is 0 Å². The molecule has 2 aromatic carbocycles. The fourth-order valence-electron chi connectivity index (χ4n) is 1.99. The molecule has 1 heterocycles. The van der Waals surface area contributed by atoms with Crippen molar-refractivity contribution in [2.24, 2.45) is 0 Å². The van der Waals surface area contributed by atoms with E-state index in [0.29, 0.717) is 8.96 Å². The molecule has 5 nitrogen and oxygen atoms in total. The Kier molecular flexibility index (Phi) is 5.08. The van der Waals surface area contributed by atoms with Gasteiger partial charge in [-0.2, -0.15) is 0 Å². The van der Waals surface area contributed by atoms with Crippen LogP contribution < -0.4 is 5.63 Å². The van der Waals surface area contributed by atoms with E-state index in [1.807, 2.05) is 0 Å². The molecule has 1 aromatic heterocycles. The van der Waals surface area contributed by atoms with Gasteiger partial charge in [0.25, 0.3) is 0 Å². The van der Waals surface area contributed by atoms with Crippen LogP contribution in [0, 0.1) is 7.14 Å². The van der Waals surface area contributed by atoms with Crippen LogP contribution in [0.3, 0.4) is 0 Å². The summed E-state index contributed by atoms with van der Waals surface area (Å²) in [5.41, 5.74) is -6.01. The van der Waals surface area contributed by atoms with Crippen molar-refractivity contribution in [2.75, 3.05) is 0 Å². The molecule has 0 saturated carbocycles. The Morgan fingerprint density at radius 2 is 1.58 bits per heavy atom. The van der Waals surface area contributed by atoms with Crippen LogP contribution in [0.25, 0.3) is 11.0 Å². The Balaban J connectivity index is 2.13. The molecular weight excluding hydrogens is 488 g/mol. The van der Waals surface area contributed by atoms with E-state index in [1.54, 1.807) is 18.2 Å². The molecule has 0 spiro atoms. The zero-order valence-corrected chi connectivity index (χ0v) is 15.7. The summed E-state index contributed by atoms with van der Waals surface area (Å²) in [4.78, 5) is 11.4. The second kappa shape index (κ2) is 7.00. The summed E-state index contributed by atoms with van der Waals surface area (Å²) < 4.78 is 71.7. The van der Waals surface area contributed by atoms with E-state index in [9.17, 15) is 26.4 Å². The summed E-state index contributed by atoms with van der Waals surface area (Å²) in [6.07, 6.45) is 0. The summed E-state index contributed by atoms with van der Waals surface area (Å²) in [5, 5.41) is 0.552. The molecule has 3 aromatic rings. The average molecular weight is 498 g/mol. The normalized spacial score (nSPS) is 13.0. The second-order valence-corrected chi connectivity index (χ2v) is 11.4. The molecular formula is C16H10F3IO5S. The Morgan fingerprint density at radius 1 is 0.923 bits per heavy atom. The van der Waals surface area contributed by atoms with Gasteiger partial charge < -0.3 is 0 Å². The van der Waals surface area contributed by atoms with E-state index in [2.05, 4.69) is 2.51 Å². The van der Waals surface area contributed by atoms with Crippen molar-refractivity contribution in [1.82, 2.24) is 0 Å². The van der Waals surface area contributed by atoms with Gasteiger partial charge in [0.1, 0.15) is 0 Å². The third-order valence-corrected chi connectivity index (χ3v) is 10.2. The van der Waals surface area contributed by atoms with Gasteiger partial charge in [-0.25, -0.2) is 0 Å². The Hall–Kier alpha value is -1.92. The molecule has 0 aliphatic heterocycles. The molecule has 0 unspecified atom stereocenters. The van der Waals surface area contributed by atoms with Crippen molar-refractivity contribution in [3.8, 4) is 0 Å². The number of fused-ring (bicyclic) bond motifs is 1. The Bertz CT molecular complexity index is 1090. The van der Waals surface area contributed by atoms with E-state index in [1.165, 1.54) is 42.5 Å². The third kappa shape index (κ3) is 3.91. The van der Waals surface area contributed by atoms with Gasteiger partial charge in [0.15, 0.2) is 0 Å². The minimum absolute atomic E-state index is 0.140. The van der Waals surface area contributed by atoms with Crippen molar-refractivity contribution < 1.29 is 28.5 Å². The molecule has 0 N–H and O–H groups in total. The molecule has 26 heavy (non-hydrogen) atoms. The second-order valence-electron chi connectivity index (χ2n) is 4.94. The van der Waals surface area contributed by atoms with Crippen molar-refractivity contribution in [1.29, 1.82) is 0 Å². The molecule has 0 radical (unpaired) electrons. The number of halogens is 4. The molecule has 0 amide bonds. The molecule has 0 bridgehead atoms. The Morgan fingerprint density at radius 3 is 2.23 bits per heavy atom. The van der Waals surface area contributed by atoms with Crippen LogP contribution in [0.15, 0.2) is 69.9 Å². The average Bonchev–Trinajstić information content (AvgIpc) is 2.59. The molecule has 0 aliphatic carbocycles. The topological polar surface area (TPSA) is 73.6 Å². The van der Waals surface area contributed by atoms with E-state index in [-0.39, 0.29) is 9.15 Å². The third-order valence-electron chi connectivity index (χ3n) is 3.14. The van der Waals surface area contributed by atoms with Crippen molar-refractivity contribution in [3.63, 3.8) is 0 Å². The summed E-state index contributed by atoms with van der Waals surface area (Å²) >= 11 is -3.49. The summed E-state index contributed by atoms with van der Waals surface area (Å²) in [6, 6.07) is 14.9. The van der Waals surface area contributed by atoms with Crippen LogP contribution in [-0.4, -0.2) is 13.9 Å². The van der Waals surface area contributed by atoms with Gasteiger partial charge in [-0.15, -0.1) is 0 Å². The monoisotopic (exact) mass is 498 g/mol. The molecule has 10 heteroatoms. The maximum atomic E-state index is 12.8. The first-order chi connectivity index (χ1) is 12.2. The molecule has 0 aliphatic rings. The maximum absolute atomic E-state index is 12.8. The zero-order chi connectivity index (χ0) is 18.9. The minimum atomic E-state index is -5.78. The number of hydrogen-bond donors (Lipinski definition) is 0. The van der Waals surface area contributed by atoms with Crippen molar-refractivity contribution in [3.05, 3.63) is 78.2 Å². The Labute approximate surface area is 153 Å². The van der Waals surface area contributed by atoms with Gasteiger partial charge in [0.2, 0.25) is 0 Å². The van der Waals surface area contributed by atoms with Crippen LogP contribution in [0.2, 0.25) is 0 Å². The van der Waals surface area contributed by atoms with Crippen LogP contribution in [-0.2, 0) is 12.6 Å². The first-order valence-corrected chi connectivity index (χ1v) is 11.4. The molecule has 3 rings (SSSR count). The summed E-state index contributed by atoms with van der Waals surface area (Å²) in [6.45, 7) is 0. The quantitative estimate of drug-likeness (QED) is 0.308. The molecule has 0 saturated heterocycles. The van der Waals surface area contributed by atoms with Crippen molar-refractivity contribution in [2.45, 2.75) is 5.51 Å². The number of hydrogen-bond acceptors (Lipinski definition) is 5. The predicted molar refractivity (Wildman–Crippen MR) is 96.4 cm³/mol. The van der Waals surface area contributed by atoms with Gasteiger partial charge in [0.05, 0.1) is 0 Å². The van der Waals surface area contributed by atoms with Crippen LogP contribution in [0.1, 0.15) is 0 Å². The van der Waals surface area contributed by atoms with E-state index < -0.39 is 41.5 Å². The zero-order valence-electron chi connectivity index (χ0n) is 12.7. The van der Waals surface area contributed by atoms with E-state index in [0.717, 1.165) is 0 Å². The first kappa shape index (κ1) is 18.9. The van der Waals surface area contributed by atoms with Gasteiger partial charge >= 0.3 is 154 Å². The summed E-state index contributed by atoms with van der Waals surface area (Å²) in [5.74, 6) is 0. The standard InChI is InChI=1S/C16H10F3IO5S/c17-16(18,19)26(22,23)25-20(12-4-2-1-3-5-12)13-8-6-11-7-9-15(21)24-14(11)10-13/h1-10H. The predicted octanol–water partition coefficient (Wildman–Crippen LogP) is 4.12. The van der Waals surface area contributed by atoms with E-state index in [4.69, 9.17) is 4.42 Å². The number of benzene rings is 2. The SMILES string of the molecule is O=c1ccc2ccc(I(OS(=O)(=O)C(F)(F)F)c3ccccc3)cc2o1. The van der Waals surface area contributed by atoms with Crippen molar-refractivity contribution >= 4 is 41.3 Å². The molecule has 0 atom stereocenters. The first-order valence-electron chi connectivity index (χ1n) is 6.98. The fraction of sp³-hybridized carbons (Fsp3) is 0.0625. The van der Waals surface area contributed by atoms with Gasteiger partial charge in [-0.05, 0) is 0 Å². The summed E-state index contributed by atoms with van der Waals surface area (Å²) in [7, 11) is -5.78. The van der Waals surface area contributed by atoms with Crippen LogP contribution in [0.4, 0.5) is 13.2 Å². The fourth-order valence-corrected chi connectivity index (χ4v) is 8.51. The number of rotatable bonds is 4.